The van der Waals surface area contributed by atoms with Crippen LogP contribution in [0.15, 0.2) is 0 Å². The van der Waals surface area contributed by atoms with E-state index in [4.69, 9.17) is 5.73 Å². The molecule has 0 saturated heterocycles. The zero-order valence-corrected chi connectivity index (χ0v) is 9.68. The molecule has 80 valence electrons. The Balaban J connectivity index is 3.21. The average molecular weight is 185 g/mol. The summed E-state index contributed by atoms with van der Waals surface area (Å²) in [5.41, 5.74) is 5.57. The van der Waals surface area contributed by atoms with Gasteiger partial charge in [-0.2, -0.15) is 0 Å². The van der Waals surface area contributed by atoms with Crippen molar-refractivity contribution in [3.8, 4) is 0 Å². The molecule has 0 rings (SSSR count). The summed E-state index contributed by atoms with van der Waals surface area (Å²) in [6.45, 7) is 7.74. The molecule has 0 fully saturated rings. The molecule has 0 bridgehead atoms. The van der Waals surface area contributed by atoms with Gasteiger partial charge in [0.15, 0.2) is 0 Å². The summed E-state index contributed by atoms with van der Waals surface area (Å²) in [6, 6.07) is 0. The Morgan fingerprint density at radius 2 is 1.46 bits per heavy atom. The van der Waals surface area contributed by atoms with Crippen molar-refractivity contribution in [1.29, 1.82) is 0 Å². The summed E-state index contributed by atoms with van der Waals surface area (Å²) in [4.78, 5) is 0. The van der Waals surface area contributed by atoms with Crippen LogP contribution in [0.1, 0.15) is 59.3 Å². The second kappa shape index (κ2) is 8.55. The third kappa shape index (κ3) is 8.29. The monoisotopic (exact) mass is 185 g/mol. The standard InChI is InChI=1S/C12H27N/c1-4-5-7-11(2)8-6-9-12(3)10-13/h11-12H,4-10,13H2,1-3H3. The van der Waals surface area contributed by atoms with Crippen LogP contribution in [-0.2, 0) is 0 Å². The van der Waals surface area contributed by atoms with Crippen LogP contribution >= 0.6 is 0 Å². The molecule has 0 amide bonds. The van der Waals surface area contributed by atoms with Crippen LogP contribution in [0.4, 0.5) is 0 Å². The van der Waals surface area contributed by atoms with Gasteiger partial charge < -0.3 is 5.73 Å². The molecule has 0 aromatic heterocycles. The van der Waals surface area contributed by atoms with E-state index in [1.165, 1.54) is 38.5 Å². The third-order valence-corrected chi connectivity index (χ3v) is 2.85. The summed E-state index contributed by atoms with van der Waals surface area (Å²) in [5.74, 6) is 1.64. The van der Waals surface area contributed by atoms with E-state index in [1.807, 2.05) is 0 Å². The van der Waals surface area contributed by atoms with Gasteiger partial charge in [-0.15, -0.1) is 0 Å². The van der Waals surface area contributed by atoms with Gasteiger partial charge in [-0.05, 0) is 24.8 Å². The molecule has 0 aromatic carbocycles. The maximum Gasteiger partial charge on any atom is -0.00515 e. The highest BCUT2D eigenvalue weighted by atomic mass is 14.5. The Morgan fingerprint density at radius 3 is 2.00 bits per heavy atom. The van der Waals surface area contributed by atoms with Crippen molar-refractivity contribution >= 4 is 0 Å². The van der Waals surface area contributed by atoms with Crippen molar-refractivity contribution in [1.82, 2.24) is 0 Å². The molecule has 0 aromatic rings. The van der Waals surface area contributed by atoms with E-state index in [9.17, 15) is 0 Å². The van der Waals surface area contributed by atoms with Gasteiger partial charge in [-0.3, -0.25) is 0 Å². The second-order valence-electron chi connectivity index (χ2n) is 4.52. The molecular formula is C12H27N. The zero-order valence-electron chi connectivity index (χ0n) is 9.68. The molecule has 0 aliphatic rings. The van der Waals surface area contributed by atoms with Crippen molar-refractivity contribution in [3.05, 3.63) is 0 Å². The molecule has 1 heteroatoms. The van der Waals surface area contributed by atoms with E-state index in [0.717, 1.165) is 18.4 Å². The second-order valence-corrected chi connectivity index (χ2v) is 4.52. The number of rotatable bonds is 8. The van der Waals surface area contributed by atoms with Crippen LogP contribution in [0.2, 0.25) is 0 Å². The van der Waals surface area contributed by atoms with Gasteiger partial charge in [0.05, 0.1) is 0 Å². The van der Waals surface area contributed by atoms with Crippen LogP contribution in [0.5, 0.6) is 0 Å². The fraction of sp³-hybridized carbons (Fsp3) is 1.00. The Bertz CT molecular complexity index is 101. The quantitative estimate of drug-likeness (QED) is 0.614. The number of hydrogen-bond donors (Lipinski definition) is 1. The smallest absolute Gasteiger partial charge is 0.00515 e. The minimum absolute atomic E-state index is 0.721. The Kier molecular flexibility index (Phi) is 8.53. The van der Waals surface area contributed by atoms with Crippen molar-refractivity contribution in [2.24, 2.45) is 17.6 Å². The van der Waals surface area contributed by atoms with Crippen molar-refractivity contribution < 1.29 is 0 Å². The lowest BCUT2D eigenvalue weighted by molar-refractivity contribution is 0.418. The Hall–Kier alpha value is -0.0400. The number of nitrogens with two attached hydrogens (primary N) is 1. The van der Waals surface area contributed by atoms with Gasteiger partial charge in [-0.25, -0.2) is 0 Å². The summed E-state index contributed by atoms with van der Waals surface area (Å²) in [5, 5.41) is 0. The van der Waals surface area contributed by atoms with Gasteiger partial charge in [0.25, 0.3) is 0 Å². The Morgan fingerprint density at radius 1 is 0.923 bits per heavy atom. The highest BCUT2D eigenvalue weighted by molar-refractivity contribution is 4.57. The van der Waals surface area contributed by atoms with E-state index in [-0.39, 0.29) is 0 Å². The van der Waals surface area contributed by atoms with Crippen LogP contribution in [0.25, 0.3) is 0 Å². The number of unbranched alkanes of at least 4 members (excludes halogenated alkanes) is 1. The van der Waals surface area contributed by atoms with Gasteiger partial charge in [0, 0.05) is 0 Å². The van der Waals surface area contributed by atoms with Crippen molar-refractivity contribution in [2.45, 2.75) is 59.3 Å². The van der Waals surface area contributed by atoms with Crippen LogP contribution in [-0.4, -0.2) is 6.54 Å². The van der Waals surface area contributed by atoms with E-state index in [2.05, 4.69) is 20.8 Å². The molecule has 13 heavy (non-hydrogen) atoms. The van der Waals surface area contributed by atoms with Crippen LogP contribution < -0.4 is 5.73 Å². The van der Waals surface area contributed by atoms with E-state index in [0.29, 0.717) is 0 Å². The first-order valence-electron chi connectivity index (χ1n) is 5.90. The third-order valence-electron chi connectivity index (χ3n) is 2.85. The fourth-order valence-electron chi connectivity index (χ4n) is 1.63. The average Bonchev–Trinajstić information content (AvgIpc) is 2.14. The lowest BCUT2D eigenvalue weighted by Crippen LogP contribution is -2.10. The van der Waals surface area contributed by atoms with E-state index in [1.54, 1.807) is 0 Å². The molecule has 0 heterocycles. The highest BCUT2D eigenvalue weighted by Crippen LogP contribution is 2.16. The van der Waals surface area contributed by atoms with Crippen molar-refractivity contribution in [2.75, 3.05) is 6.54 Å². The molecular weight excluding hydrogens is 158 g/mol. The largest absolute Gasteiger partial charge is 0.330 e. The minimum atomic E-state index is 0.721. The first kappa shape index (κ1) is 13.0. The van der Waals surface area contributed by atoms with Gasteiger partial charge in [0.2, 0.25) is 0 Å². The zero-order chi connectivity index (χ0) is 10.1. The molecule has 0 aliphatic heterocycles. The minimum Gasteiger partial charge on any atom is -0.330 e. The topological polar surface area (TPSA) is 26.0 Å². The predicted molar refractivity (Wildman–Crippen MR) is 60.8 cm³/mol. The highest BCUT2D eigenvalue weighted by Gasteiger charge is 2.03. The molecule has 2 N–H and O–H groups in total. The van der Waals surface area contributed by atoms with Gasteiger partial charge in [0.1, 0.15) is 0 Å². The summed E-state index contributed by atoms with van der Waals surface area (Å²) < 4.78 is 0. The first-order valence-corrected chi connectivity index (χ1v) is 5.90. The van der Waals surface area contributed by atoms with Crippen molar-refractivity contribution in [3.63, 3.8) is 0 Å². The normalized spacial score (nSPS) is 15.7. The summed E-state index contributed by atoms with van der Waals surface area (Å²) in [6.07, 6.45) is 8.21. The molecule has 1 nitrogen and oxygen atoms in total. The Labute approximate surface area is 84.1 Å². The lowest BCUT2D eigenvalue weighted by Gasteiger charge is -2.12. The molecule has 2 unspecified atom stereocenters. The number of hydrogen-bond acceptors (Lipinski definition) is 1. The lowest BCUT2D eigenvalue weighted by atomic mass is 9.95. The molecule has 2 atom stereocenters. The first-order chi connectivity index (χ1) is 6.20. The maximum absolute atomic E-state index is 5.57. The van der Waals surface area contributed by atoms with Crippen LogP contribution in [0, 0.1) is 11.8 Å². The van der Waals surface area contributed by atoms with Gasteiger partial charge in [-0.1, -0.05) is 52.9 Å². The summed E-state index contributed by atoms with van der Waals surface area (Å²) >= 11 is 0. The molecule has 0 saturated carbocycles. The molecule has 0 aliphatic carbocycles. The van der Waals surface area contributed by atoms with E-state index >= 15 is 0 Å². The summed E-state index contributed by atoms with van der Waals surface area (Å²) in [7, 11) is 0. The fourth-order valence-corrected chi connectivity index (χ4v) is 1.63. The van der Waals surface area contributed by atoms with Crippen LogP contribution in [0.3, 0.4) is 0 Å². The predicted octanol–water partition coefficient (Wildman–Crippen LogP) is 3.58. The molecule has 0 spiro atoms. The van der Waals surface area contributed by atoms with E-state index < -0.39 is 0 Å². The SMILES string of the molecule is CCCCC(C)CCCC(C)CN. The maximum atomic E-state index is 5.57. The molecule has 0 radical (unpaired) electrons. The van der Waals surface area contributed by atoms with Gasteiger partial charge >= 0.3 is 0 Å².